The van der Waals surface area contributed by atoms with Gasteiger partial charge in [-0.1, -0.05) is 12.1 Å². The molecule has 2 N–H and O–H groups in total. The van der Waals surface area contributed by atoms with Gasteiger partial charge in [-0.05, 0) is 44.5 Å². The lowest BCUT2D eigenvalue weighted by Gasteiger charge is -2.20. The van der Waals surface area contributed by atoms with E-state index in [1.165, 1.54) is 25.3 Å². The van der Waals surface area contributed by atoms with Crippen LogP contribution < -0.4 is 5.32 Å². The van der Waals surface area contributed by atoms with Gasteiger partial charge in [0.1, 0.15) is 17.0 Å². The van der Waals surface area contributed by atoms with Gasteiger partial charge in [0.25, 0.3) is 0 Å². The first kappa shape index (κ1) is 16.6. The van der Waals surface area contributed by atoms with Crippen LogP contribution in [0.1, 0.15) is 26.3 Å². The highest BCUT2D eigenvalue weighted by Gasteiger charge is 2.19. The summed E-state index contributed by atoms with van der Waals surface area (Å²) in [6.45, 7) is 5.15. The Balaban J connectivity index is 2.93. The van der Waals surface area contributed by atoms with Crippen LogP contribution in [0, 0.1) is 0 Å². The number of amides is 1. The van der Waals surface area contributed by atoms with Gasteiger partial charge in [0, 0.05) is 0 Å². The number of carbonyl (C=O) groups excluding carboxylic acids is 2. The van der Waals surface area contributed by atoms with E-state index in [-0.39, 0.29) is 11.4 Å². The predicted molar refractivity (Wildman–Crippen MR) is 77.5 cm³/mol. The van der Waals surface area contributed by atoms with E-state index in [4.69, 9.17) is 4.74 Å². The van der Waals surface area contributed by atoms with Crippen LogP contribution >= 0.6 is 0 Å². The third-order valence-corrected chi connectivity index (χ3v) is 2.25. The summed E-state index contributed by atoms with van der Waals surface area (Å²) < 4.78 is 9.69. The monoisotopic (exact) mass is 293 g/mol. The van der Waals surface area contributed by atoms with Gasteiger partial charge in [-0.25, -0.2) is 9.59 Å². The summed E-state index contributed by atoms with van der Waals surface area (Å²) in [6.07, 6.45) is 0.674. The molecule has 0 bridgehead atoms. The smallest absolute Gasteiger partial charge is 0.412 e. The largest absolute Gasteiger partial charge is 0.508 e. The highest BCUT2D eigenvalue weighted by molar-refractivity contribution is 5.96. The molecule has 114 valence electrons. The number of benzene rings is 1. The number of alkyl carbamates (subject to hydrolysis) is 1. The number of phenolic OH excluding ortho intramolecular Hbond substituents is 1. The Morgan fingerprint density at radius 1 is 1.19 bits per heavy atom. The van der Waals surface area contributed by atoms with E-state index in [2.05, 4.69) is 10.1 Å². The van der Waals surface area contributed by atoms with E-state index >= 15 is 0 Å². The third-order valence-electron chi connectivity index (χ3n) is 2.25. The molecule has 0 aliphatic carbocycles. The fraction of sp³-hybridized carbons (Fsp3) is 0.333. The Labute approximate surface area is 123 Å². The number of phenols is 1. The minimum Gasteiger partial charge on any atom is -0.508 e. The molecule has 1 amide bonds. The molecule has 0 saturated heterocycles. The van der Waals surface area contributed by atoms with Crippen molar-refractivity contribution in [1.82, 2.24) is 5.32 Å². The van der Waals surface area contributed by atoms with Gasteiger partial charge < -0.3 is 14.6 Å². The molecule has 6 nitrogen and oxygen atoms in total. The van der Waals surface area contributed by atoms with Gasteiger partial charge in [-0.3, -0.25) is 5.32 Å². The fourth-order valence-electron chi connectivity index (χ4n) is 1.41. The SMILES string of the molecule is COC(=O)/C(=C\c1ccc(O)cc1)NC(=O)OC(C)(C)C. The summed E-state index contributed by atoms with van der Waals surface area (Å²) in [5.74, 6) is -0.596. The highest BCUT2D eigenvalue weighted by Crippen LogP contribution is 2.13. The maximum atomic E-state index is 11.7. The van der Waals surface area contributed by atoms with Gasteiger partial charge in [-0.2, -0.15) is 0 Å². The molecule has 6 heteroatoms. The standard InChI is InChI=1S/C15H19NO5/c1-15(2,3)21-14(19)16-12(13(18)20-4)9-10-5-7-11(17)8-6-10/h5-9,17H,1-4H3,(H,16,19)/b12-9+. The number of carbonyl (C=O) groups is 2. The number of aromatic hydroxyl groups is 1. The van der Waals surface area contributed by atoms with Gasteiger partial charge in [0.15, 0.2) is 0 Å². The van der Waals surface area contributed by atoms with Crippen molar-refractivity contribution in [3.8, 4) is 5.75 Å². The van der Waals surface area contributed by atoms with Crippen LogP contribution in [0.2, 0.25) is 0 Å². The van der Waals surface area contributed by atoms with Crippen molar-refractivity contribution >= 4 is 18.1 Å². The van der Waals surface area contributed by atoms with E-state index in [1.54, 1.807) is 32.9 Å². The van der Waals surface area contributed by atoms with E-state index in [9.17, 15) is 14.7 Å². The van der Waals surface area contributed by atoms with Crippen LogP contribution in [-0.2, 0) is 14.3 Å². The minimum absolute atomic E-state index is 0.0579. The van der Waals surface area contributed by atoms with Crippen molar-refractivity contribution in [3.63, 3.8) is 0 Å². The second-order valence-corrected chi connectivity index (χ2v) is 5.27. The Kier molecular flexibility index (Phi) is 5.35. The van der Waals surface area contributed by atoms with Crippen molar-refractivity contribution in [2.45, 2.75) is 26.4 Å². The molecule has 0 atom stereocenters. The fourth-order valence-corrected chi connectivity index (χ4v) is 1.41. The number of esters is 1. The lowest BCUT2D eigenvalue weighted by molar-refractivity contribution is -0.136. The summed E-state index contributed by atoms with van der Waals surface area (Å²) in [5.41, 5.74) is -0.120. The summed E-state index contributed by atoms with van der Waals surface area (Å²) >= 11 is 0. The molecule has 0 saturated carbocycles. The molecule has 0 heterocycles. The van der Waals surface area contributed by atoms with Crippen LogP contribution in [0.5, 0.6) is 5.75 Å². The second-order valence-electron chi connectivity index (χ2n) is 5.27. The van der Waals surface area contributed by atoms with Crippen molar-refractivity contribution < 1.29 is 24.2 Å². The predicted octanol–water partition coefficient (Wildman–Crippen LogP) is 2.43. The van der Waals surface area contributed by atoms with Crippen LogP contribution in [0.15, 0.2) is 30.0 Å². The molecule has 0 spiro atoms. The molecule has 21 heavy (non-hydrogen) atoms. The van der Waals surface area contributed by atoms with Crippen molar-refractivity contribution in [3.05, 3.63) is 35.5 Å². The Hall–Kier alpha value is -2.50. The van der Waals surface area contributed by atoms with Crippen molar-refractivity contribution in [1.29, 1.82) is 0 Å². The van der Waals surface area contributed by atoms with Gasteiger partial charge in [-0.15, -0.1) is 0 Å². The molecule has 0 radical (unpaired) electrons. The zero-order valence-electron chi connectivity index (χ0n) is 12.5. The van der Waals surface area contributed by atoms with Crippen molar-refractivity contribution in [2.75, 3.05) is 7.11 Å². The average Bonchev–Trinajstić information content (AvgIpc) is 2.37. The average molecular weight is 293 g/mol. The molecule has 0 aromatic heterocycles. The quantitative estimate of drug-likeness (QED) is 0.660. The summed E-state index contributed by atoms with van der Waals surface area (Å²) in [7, 11) is 1.21. The van der Waals surface area contributed by atoms with Gasteiger partial charge in [0.05, 0.1) is 7.11 Å². The van der Waals surface area contributed by atoms with E-state index in [0.717, 1.165) is 0 Å². The number of methoxy groups -OCH3 is 1. The summed E-state index contributed by atoms with van der Waals surface area (Å²) in [6, 6.07) is 6.12. The first-order valence-corrected chi connectivity index (χ1v) is 6.30. The zero-order valence-corrected chi connectivity index (χ0v) is 12.5. The molecular formula is C15H19NO5. The highest BCUT2D eigenvalue weighted by atomic mass is 16.6. The number of ether oxygens (including phenoxy) is 2. The van der Waals surface area contributed by atoms with E-state index in [0.29, 0.717) is 5.56 Å². The number of hydrogen-bond donors (Lipinski definition) is 2. The Morgan fingerprint density at radius 2 is 1.76 bits per heavy atom. The Morgan fingerprint density at radius 3 is 2.24 bits per heavy atom. The van der Waals surface area contributed by atoms with Gasteiger partial charge in [0.2, 0.25) is 0 Å². The first-order chi connectivity index (χ1) is 9.71. The molecule has 0 aliphatic heterocycles. The zero-order chi connectivity index (χ0) is 16.0. The summed E-state index contributed by atoms with van der Waals surface area (Å²) in [5, 5.41) is 11.6. The molecular weight excluding hydrogens is 274 g/mol. The lowest BCUT2D eigenvalue weighted by Crippen LogP contribution is -2.34. The molecule has 1 rings (SSSR count). The van der Waals surface area contributed by atoms with Crippen molar-refractivity contribution in [2.24, 2.45) is 0 Å². The third kappa shape index (κ3) is 5.99. The van der Waals surface area contributed by atoms with Crippen LogP contribution in [0.25, 0.3) is 6.08 Å². The molecule has 0 unspecified atom stereocenters. The van der Waals surface area contributed by atoms with Crippen LogP contribution in [0.3, 0.4) is 0 Å². The lowest BCUT2D eigenvalue weighted by atomic mass is 10.2. The minimum atomic E-state index is -0.752. The maximum absolute atomic E-state index is 11.7. The second kappa shape index (κ2) is 6.78. The molecule has 0 fully saturated rings. The van der Waals surface area contributed by atoms with E-state index < -0.39 is 17.7 Å². The first-order valence-electron chi connectivity index (χ1n) is 6.30. The molecule has 1 aromatic rings. The van der Waals surface area contributed by atoms with Crippen LogP contribution in [0.4, 0.5) is 4.79 Å². The number of nitrogens with one attached hydrogen (secondary N) is 1. The number of hydrogen-bond acceptors (Lipinski definition) is 5. The molecule has 1 aromatic carbocycles. The topological polar surface area (TPSA) is 84.9 Å². The number of rotatable bonds is 3. The van der Waals surface area contributed by atoms with Crippen LogP contribution in [-0.4, -0.2) is 29.9 Å². The Bertz CT molecular complexity index is 540. The van der Waals surface area contributed by atoms with Gasteiger partial charge >= 0.3 is 12.1 Å². The van der Waals surface area contributed by atoms with E-state index in [1.807, 2.05) is 0 Å². The maximum Gasteiger partial charge on any atom is 0.412 e. The molecule has 0 aliphatic rings. The normalized spacial score (nSPS) is 11.7. The summed E-state index contributed by atoms with van der Waals surface area (Å²) in [4.78, 5) is 23.4.